The summed E-state index contributed by atoms with van der Waals surface area (Å²) in [6.07, 6.45) is 2.61. The Labute approximate surface area is 141 Å². The Balaban J connectivity index is 1.68. The van der Waals surface area contributed by atoms with E-state index in [0.29, 0.717) is 11.8 Å². The molecular weight excluding hydrogens is 316 g/mol. The lowest BCUT2D eigenvalue weighted by molar-refractivity contribution is -0.577. The van der Waals surface area contributed by atoms with Gasteiger partial charge in [-0.1, -0.05) is 13.8 Å². The van der Waals surface area contributed by atoms with Gasteiger partial charge in [0.15, 0.2) is 18.2 Å². The Morgan fingerprint density at radius 2 is 2.00 bits per heavy atom. The van der Waals surface area contributed by atoms with Crippen LogP contribution >= 0.6 is 0 Å². The fraction of sp³-hybridized carbons (Fsp3) is 0.941. The molecule has 4 heterocycles. The second-order valence-electron chi connectivity index (χ2n) is 7.98. The summed E-state index contributed by atoms with van der Waals surface area (Å²) in [5, 5.41) is 8.91. The zero-order valence-electron chi connectivity index (χ0n) is 14.4. The molecule has 7 heteroatoms. The summed E-state index contributed by atoms with van der Waals surface area (Å²) in [6.45, 7) is 5.78. The summed E-state index contributed by atoms with van der Waals surface area (Å²) in [7, 11) is 0. The fourth-order valence-electron chi connectivity index (χ4n) is 5.22. The van der Waals surface area contributed by atoms with Crippen LogP contribution in [0, 0.1) is 23.7 Å². The van der Waals surface area contributed by atoms with Crippen LogP contribution < -0.4 is 0 Å². The van der Waals surface area contributed by atoms with Gasteiger partial charge in [0.05, 0.1) is 0 Å². The van der Waals surface area contributed by atoms with E-state index in [1.807, 2.05) is 13.8 Å². The highest BCUT2D eigenvalue weighted by molar-refractivity contribution is 5.68. The van der Waals surface area contributed by atoms with Crippen molar-refractivity contribution in [3.63, 3.8) is 0 Å². The van der Waals surface area contributed by atoms with Crippen molar-refractivity contribution in [2.45, 2.75) is 70.4 Å². The Kier molecular flexibility index (Phi) is 3.93. The zero-order chi connectivity index (χ0) is 17.1. The van der Waals surface area contributed by atoms with Gasteiger partial charge in [-0.15, -0.1) is 0 Å². The molecule has 0 radical (unpaired) electrons. The first-order chi connectivity index (χ1) is 11.4. The van der Waals surface area contributed by atoms with Crippen LogP contribution in [-0.4, -0.2) is 41.7 Å². The predicted molar refractivity (Wildman–Crippen MR) is 80.4 cm³/mol. The van der Waals surface area contributed by atoms with Crippen molar-refractivity contribution < 1.29 is 33.9 Å². The zero-order valence-corrected chi connectivity index (χ0v) is 14.4. The van der Waals surface area contributed by atoms with Crippen LogP contribution in [0.4, 0.5) is 0 Å². The maximum absolute atomic E-state index is 10.9. The SMILES string of the molecule is C[C@@H]1CC[C@H]2[C@@H](C)C(OCC(=O)O)O[C@@H]3O[C@]4(C)CC[C@@H]1[C@]32OO4. The molecule has 4 saturated heterocycles. The van der Waals surface area contributed by atoms with Crippen molar-refractivity contribution in [3.05, 3.63) is 0 Å². The summed E-state index contributed by atoms with van der Waals surface area (Å²) < 4.78 is 17.8. The van der Waals surface area contributed by atoms with E-state index in [1.54, 1.807) is 0 Å². The van der Waals surface area contributed by atoms with Crippen molar-refractivity contribution in [3.8, 4) is 0 Å². The number of fused-ring (bicyclic) bond motifs is 2. The standard InChI is InChI=1S/C17H26O7/c1-9-4-5-12-10(2)14(20-8-13(18)19)21-15-17(12)11(9)6-7-16(3,22-15)23-24-17/h9-12,14-15H,4-8H2,1-3H3,(H,18,19)/t9-,10-,11+,12+,14?,15-,16+,17-/m1/s1. The minimum atomic E-state index is -1.00. The largest absolute Gasteiger partial charge is 0.480 e. The van der Waals surface area contributed by atoms with Gasteiger partial charge < -0.3 is 19.3 Å². The molecule has 5 fully saturated rings. The van der Waals surface area contributed by atoms with Crippen LogP contribution in [0.25, 0.3) is 0 Å². The molecule has 24 heavy (non-hydrogen) atoms. The molecule has 0 aromatic rings. The van der Waals surface area contributed by atoms with E-state index in [9.17, 15) is 4.79 Å². The minimum Gasteiger partial charge on any atom is -0.480 e. The average molecular weight is 342 g/mol. The van der Waals surface area contributed by atoms with E-state index < -0.39 is 29.9 Å². The smallest absolute Gasteiger partial charge is 0.329 e. The molecule has 7 nitrogen and oxygen atoms in total. The summed E-state index contributed by atoms with van der Waals surface area (Å²) in [6, 6.07) is 0. The van der Waals surface area contributed by atoms with E-state index in [1.165, 1.54) is 0 Å². The Morgan fingerprint density at radius 1 is 1.21 bits per heavy atom. The van der Waals surface area contributed by atoms with E-state index >= 15 is 0 Å². The lowest BCUT2D eigenvalue weighted by Crippen LogP contribution is -2.70. The predicted octanol–water partition coefficient (Wildman–Crippen LogP) is 2.30. The van der Waals surface area contributed by atoms with Gasteiger partial charge in [-0.2, -0.15) is 0 Å². The lowest BCUT2D eigenvalue weighted by atomic mass is 9.58. The van der Waals surface area contributed by atoms with Gasteiger partial charge in [0.1, 0.15) is 6.61 Å². The molecular formula is C17H26O7. The number of carboxylic acid groups (broad SMARTS) is 1. The van der Waals surface area contributed by atoms with Crippen molar-refractivity contribution in [2.75, 3.05) is 6.61 Å². The summed E-state index contributed by atoms with van der Waals surface area (Å²) >= 11 is 0. The highest BCUT2D eigenvalue weighted by Crippen LogP contribution is 2.60. The second kappa shape index (κ2) is 5.64. The molecule has 0 aromatic carbocycles. The highest BCUT2D eigenvalue weighted by atomic mass is 17.3. The minimum absolute atomic E-state index is 0.00487. The molecule has 1 aliphatic carbocycles. The Hall–Kier alpha value is -0.730. The summed E-state index contributed by atoms with van der Waals surface area (Å²) in [5.41, 5.74) is -0.629. The molecule has 1 unspecified atom stereocenters. The number of rotatable bonds is 3. The van der Waals surface area contributed by atoms with Gasteiger partial charge in [-0.3, -0.25) is 0 Å². The van der Waals surface area contributed by atoms with Gasteiger partial charge in [0, 0.05) is 18.3 Å². The molecule has 2 bridgehead atoms. The number of aliphatic carboxylic acids is 1. The molecule has 8 atom stereocenters. The third kappa shape index (κ3) is 2.33. The summed E-state index contributed by atoms with van der Waals surface area (Å²) in [5.74, 6) is -0.868. The molecule has 1 N–H and O–H groups in total. The van der Waals surface area contributed by atoms with Crippen molar-refractivity contribution in [2.24, 2.45) is 23.7 Å². The third-order valence-corrected chi connectivity index (χ3v) is 6.47. The first-order valence-electron chi connectivity index (χ1n) is 8.89. The maximum atomic E-state index is 10.9. The molecule has 1 saturated carbocycles. The molecule has 0 aromatic heterocycles. The monoisotopic (exact) mass is 342 g/mol. The number of carboxylic acids is 1. The molecule has 0 amide bonds. The fourth-order valence-corrected chi connectivity index (χ4v) is 5.22. The number of hydrogen-bond acceptors (Lipinski definition) is 6. The second-order valence-corrected chi connectivity index (χ2v) is 7.98. The van der Waals surface area contributed by atoms with E-state index in [4.69, 9.17) is 29.1 Å². The number of ether oxygens (including phenoxy) is 3. The quantitative estimate of drug-likeness (QED) is 0.788. The van der Waals surface area contributed by atoms with Crippen LogP contribution in [0.2, 0.25) is 0 Å². The average Bonchev–Trinajstić information content (AvgIpc) is 2.76. The number of hydrogen-bond donors (Lipinski definition) is 1. The molecule has 5 aliphatic rings. The van der Waals surface area contributed by atoms with Crippen LogP contribution in [0.5, 0.6) is 0 Å². The molecule has 136 valence electrons. The summed E-state index contributed by atoms with van der Waals surface area (Å²) in [4.78, 5) is 22.6. The molecule has 5 rings (SSSR count). The van der Waals surface area contributed by atoms with Crippen molar-refractivity contribution in [1.82, 2.24) is 0 Å². The normalized spacial score (nSPS) is 53.3. The number of carbonyl (C=O) groups is 1. The highest BCUT2D eigenvalue weighted by Gasteiger charge is 2.69. The van der Waals surface area contributed by atoms with Crippen LogP contribution in [-0.2, 0) is 28.8 Å². The van der Waals surface area contributed by atoms with Crippen molar-refractivity contribution >= 4 is 5.97 Å². The topological polar surface area (TPSA) is 83.5 Å². The van der Waals surface area contributed by atoms with Gasteiger partial charge in [0.2, 0.25) is 5.79 Å². The Bertz CT molecular complexity index is 525. The van der Waals surface area contributed by atoms with Gasteiger partial charge in [-0.25, -0.2) is 14.6 Å². The van der Waals surface area contributed by atoms with Gasteiger partial charge in [0.25, 0.3) is 0 Å². The van der Waals surface area contributed by atoms with E-state index in [2.05, 4.69) is 6.92 Å². The van der Waals surface area contributed by atoms with E-state index in [-0.39, 0.29) is 18.4 Å². The van der Waals surface area contributed by atoms with Gasteiger partial charge >= 0.3 is 5.97 Å². The Morgan fingerprint density at radius 3 is 2.75 bits per heavy atom. The van der Waals surface area contributed by atoms with E-state index in [0.717, 1.165) is 25.7 Å². The van der Waals surface area contributed by atoms with Crippen molar-refractivity contribution in [1.29, 1.82) is 0 Å². The van der Waals surface area contributed by atoms with Gasteiger partial charge in [-0.05, 0) is 38.0 Å². The third-order valence-electron chi connectivity index (χ3n) is 6.47. The molecule has 1 spiro atoms. The first-order valence-corrected chi connectivity index (χ1v) is 8.89. The van der Waals surface area contributed by atoms with Crippen LogP contribution in [0.15, 0.2) is 0 Å². The molecule has 4 aliphatic heterocycles. The van der Waals surface area contributed by atoms with Crippen LogP contribution in [0.3, 0.4) is 0 Å². The maximum Gasteiger partial charge on any atom is 0.329 e. The lowest BCUT2D eigenvalue weighted by Gasteiger charge is -2.60. The first kappa shape index (κ1) is 16.7. The van der Waals surface area contributed by atoms with Crippen LogP contribution in [0.1, 0.15) is 46.5 Å².